The highest BCUT2D eigenvalue weighted by atomic mass is 35.5. The van der Waals surface area contributed by atoms with E-state index in [4.69, 9.17) is 16.9 Å². The lowest BCUT2D eigenvalue weighted by atomic mass is 10.1. The maximum atomic E-state index is 8.95. The molecule has 0 radical (unpaired) electrons. The summed E-state index contributed by atoms with van der Waals surface area (Å²) in [4.78, 5) is 8.86. The monoisotopic (exact) mass is 352 g/mol. The summed E-state index contributed by atoms with van der Waals surface area (Å²) in [5, 5.41) is 17.1. The zero-order chi connectivity index (χ0) is 17.2. The molecule has 0 saturated carbocycles. The third-order valence-electron chi connectivity index (χ3n) is 4.56. The molecule has 0 bridgehead atoms. The van der Waals surface area contributed by atoms with Gasteiger partial charge in [-0.05, 0) is 50.2 Å². The first kappa shape index (κ1) is 15.9. The number of hydrogen-bond donors (Lipinski definition) is 2. The predicted molar refractivity (Wildman–Crippen MR) is 98.1 cm³/mol. The lowest BCUT2D eigenvalue weighted by molar-refractivity contribution is 0.375. The first-order valence-electron chi connectivity index (χ1n) is 8.25. The second-order valence-electron chi connectivity index (χ2n) is 6.10. The van der Waals surface area contributed by atoms with Gasteiger partial charge in [-0.15, -0.1) is 0 Å². The molecule has 1 saturated heterocycles. The Morgan fingerprint density at radius 3 is 2.84 bits per heavy atom. The van der Waals surface area contributed by atoms with Gasteiger partial charge < -0.3 is 15.2 Å². The van der Waals surface area contributed by atoms with E-state index in [1.54, 1.807) is 24.5 Å². The molecular formula is C18H17ClN6. The number of benzene rings is 1. The van der Waals surface area contributed by atoms with Crippen molar-refractivity contribution in [3.63, 3.8) is 0 Å². The van der Waals surface area contributed by atoms with Crippen LogP contribution < -0.4 is 10.6 Å². The summed E-state index contributed by atoms with van der Waals surface area (Å²) < 4.78 is 2.24. The van der Waals surface area contributed by atoms with Gasteiger partial charge in [-0.3, -0.25) is 0 Å². The van der Waals surface area contributed by atoms with Crippen molar-refractivity contribution < 1.29 is 0 Å². The van der Waals surface area contributed by atoms with E-state index in [1.807, 2.05) is 6.07 Å². The van der Waals surface area contributed by atoms with Crippen LogP contribution in [-0.4, -0.2) is 27.6 Å². The average molecular weight is 353 g/mol. The molecule has 6 nitrogen and oxygen atoms in total. The van der Waals surface area contributed by atoms with Crippen molar-refractivity contribution in [1.29, 1.82) is 5.26 Å². The molecular weight excluding hydrogens is 336 g/mol. The number of nitriles is 1. The lowest BCUT2D eigenvalue weighted by Gasteiger charge is -2.24. The van der Waals surface area contributed by atoms with E-state index in [2.05, 4.69) is 37.4 Å². The fourth-order valence-corrected chi connectivity index (χ4v) is 3.49. The second-order valence-corrected chi connectivity index (χ2v) is 6.50. The predicted octanol–water partition coefficient (Wildman–Crippen LogP) is 3.62. The van der Waals surface area contributed by atoms with Crippen molar-refractivity contribution in [1.82, 2.24) is 19.9 Å². The fourth-order valence-electron chi connectivity index (χ4n) is 3.26. The first-order chi connectivity index (χ1) is 12.3. The van der Waals surface area contributed by atoms with Gasteiger partial charge in [0.15, 0.2) is 0 Å². The molecule has 7 heteroatoms. The van der Waals surface area contributed by atoms with Crippen LogP contribution in [0.4, 0.5) is 11.5 Å². The van der Waals surface area contributed by atoms with Crippen LogP contribution in [0.2, 0.25) is 5.02 Å². The number of rotatable bonds is 3. The van der Waals surface area contributed by atoms with E-state index >= 15 is 0 Å². The average Bonchev–Trinajstić information content (AvgIpc) is 3.09. The van der Waals surface area contributed by atoms with Gasteiger partial charge >= 0.3 is 0 Å². The van der Waals surface area contributed by atoms with Gasteiger partial charge in [-0.25, -0.2) is 9.97 Å². The number of fused-ring (bicyclic) bond motifs is 1. The highest BCUT2D eigenvalue weighted by molar-refractivity contribution is 6.33. The summed E-state index contributed by atoms with van der Waals surface area (Å²) in [7, 11) is 0. The Bertz CT molecular complexity index is 952. The van der Waals surface area contributed by atoms with Crippen LogP contribution in [0.15, 0.2) is 36.8 Å². The first-order valence-corrected chi connectivity index (χ1v) is 8.63. The van der Waals surface area contributed by atoms with Gasteiger partial charge in [0.25, 0.3) is 0 Å². The molecule has 1 aliphatic rings. The molecule has 0 unspecified atom stereocenters. The van der Waals surface area contributed by atoms with Gasteiger partial charge in [0.05, 0.1) is 27.7 Å². The van der Waals surface area contributed by atoms with E-state index in [9.17, 15) is 0 Å². The quantitative estimate of drug-likeness (QED) is 0.752. The number of hydrogen-bond acceptors (Lipinski definition) is 5. The number of nitrogens with one attached hydrogen (secondary N) is 2. The van der Waals surface area contributed by atoms with Gasteiger partial charge in [0.1, 0.15) is 17.8 Å². The number of nitrogens with zero attached hydrogens (tertiary/aromatic N) is 4. The van der Waals surface area contributed by atoms with E-state index in [1.165, 1.54) is 0 Å². The molecule has 2 aromatic heterocycles. The summed E-state index contributed by atoms with van der Waals surface area (Å²) in [6, 6.07) is 9.74. The molecule has 0 aliphatic carbocycles. The highest BCUT2D eigenvalue weighted by Crippen LogP contribution is 2.31. The van der Waals surface area contributed by atoms with Crippen molar-refractivity contribution in [3.8, 4) is 6.07 Å². The number of aromatic nitrogens is 3. The highest BCUT2D eigenvalue weighted by Gasteiger charge is 2.18. The summed E-state index contributed by atoms with van der Waals surface area (Å²) in [5.74, 6) is 0.712. The minimum Gasteiger partial charge on any atom is -0.338 e. The zero-order valence-electron chi connectivity index (χ0n) is 13.5. The molecule has 4 rings (SSSR count). The molecule has 1 aliphatic heterocycles. The standard InChI is InChI=1S/C18H17ClN6/c19-15-9-12(10-20)1-2-16(15)24-17-14-5-8-25(18(14)23-11-22-17)13-3-6-21-7-4-13/h1-2,5,8-9,11,13,21H,3-4,6-7H2,(H,22,23,24). The Morgan fingerprint density at radius 1 is 1.24 bits per heavy atom. The Balaban J connectivity index is 1.69. The van der Waals surface area contributed by atoms with E-state index in [0.717, 1.165) is 42.7 Å². The van der Waals surface area contributed by atoms with E-state index < -0.39 is 0 Å². The maximum Gasteiger partial charge on any atom is 0.145 e. The van der Waals surface area contributed by atoms with Gasteiger partial charge in [0, 0.05) is 12.2 Å². The van der Waals surface area contributed by atoms with Crippen LogP contribution in [0.1, 0.15) is 24.4 Å². The smallest absolute Gasteiger partial charge is 0.145 e. The largest absolute Gasteiger partial charge is 0.338 e. The van der Waals surface area contributed by atoms with Gasteiger partial charge in [0.2, 0.25) is 0 Å². The topological polar surface area (TPSA) is 78.6 Å². The van der Waals surface area contributed by atoms with Crippen molar-refractivity contribution in [2.75, 3.05) is 18.4 Å². The number of piperidine rings is 1. The number of anilines is 2. The summed E-state index contributed by atoms with van der Waals surface area (Å²) >= 11 is 6.27. The second kappa shape index (κ2) is 6.71. The Morgan fingerprint density at radius 2 is 2.08 bits per heavy atom. The van der Waals surface area contributed by atoms with Crippen LogP contribution in [0, 0.1) is 11.3 Å². The lowest BCUT2D eigenvalue weighted by Crippen LogP contribution is -2.29. The van der Waals surface area contributed by atoms with E-state index in [-0.39, 0.29) is 0 Å². The molecule has 2 N–H and O–H groups in total. The fraction of sp³-hybridized carbons (Fsp3) is 0.278. The summed E-state index contributed by atoms with van der Waals surface area (Å²) in [6.07, 6.45) is 5.84. The SMILES string of the molecule is N#Cc1ccc(Nc2ncnc3c2ccn3C2CCNCC2)c(Cl)c1. The Labute approximate surface area is 150 Å². The third kappa shape index (κ3) is 3.04. The van der Waals surface area contributed by atoms with Crippen LogP contribution in [0.5, 0.6) is 0 Å². The van der Waals surface area contributed by atoms with Gasteiger partial charge in [-0.2, -0.15) is 5.26 Å². The van der Waals surface area contributed by atoms with Crippen LogP contribution in [0.3, 0.4) is 0 Å². The summed E-state index contributed by atoms with van der Waals surface area (Å²) in [6.45, 7) is 2.06. The number of halogens is 1. The van der Waals surface area contributed by atoms with E-state index in [0.29, 0.717) is 22.4 Å². The molecule has 3 aromatic rings. The molecule has 0 amide bonds. The maximum absolute atomic E-state index is 8.95. The minimum atomic E-state index is 0.458. The third-order valence-corrected chi connectivity index (χ3v) is 4.88. The van der Waals surface area contributed by atoms with Crippen LogP contribution in [-0.2, 0) is 0 Å². The van der Waals surface area contributed by atoms with Crippen LogP contribution in [0.25, 0.3) is 11.0 Å². The summed E-state index contributed by atoms with van der Waals surface area (Å²) in [5.41, 5.74) is 2.17. The van der Waals surface area contributed by atoms with Crippen molar-refractivity contribution in [2.45, 2.75) is 18.9 Å². The molecule has 1 fully saturated rings. The minimum absolute atomic E-state index is 0.458. The molecule has 0 atom stereocenters. The molecule has 1 aromatic carbocycles. The Hall–Kier alpha value is -2.62. The van der Waals surface area contributed by atoms with Crippen molar-refractivity contribution >= 4 is 34.1 Å². The zero-order valence-corrected chi connectivity index (χ0v) is 14.3. The van der Waals surface area contributed by atoms with Crippen molar-refractivity contribution in [3.05, 3.63) is 47.4 Å². The molecule has 25 heavy (non-hydrogen) atoms. The van der Waals surface area contributed by atoms with Crippen LogP contribution >= 0.6 is 11.6 Å². The van der Waals surface area contributed by atoms with Gasteiger partial charge in [-0.1, -0.05) is 11.6 Å². The Kier molecular flexibility index (Phi) is 4.26. The molecule has 0 spiro atoms. The molecule has 3 heterocycles. The molecule has 126 valence electrons. The van der Waals surface area contributed by atoms with Crippen molar-refractivity contribution in [2.24, 2.45) is 0 Å². The normalized spacial score (nSPS) is 15.2.